The first-order valence-corrected chi connectivity index (χ1v) is 13.3. The second kappa shape index (κ2) is 19.5. The molecule has 0 saturated carbocycles. The molecule has 0 saturated heterocycles. The maximum absolute atomic E-state index is 11.8. The van der Waals surface area contributed by atoms with E-state index in [-0.39, 0.29) is 22.6 Å². The first kappa shape index (κ1) is 33.3. The molecule has 0 aliphatic heterocycles. The summed E-state index contributed by atoms with van der Waals surface area (Å²) in [7, 11) is 0. The van der Waals surface area contributed by atoms with Gasteiger partial charge in [-0.3, -0.25) is 9.59 Å². The molecule has 0 unspecified atom stereocenters. The van der Waals surface area contributed by atoms with Gasteiger partial charge in [0.1, 0.15) is 5.60 Å². The second-order valence-electron chi connectivity index (χ2n) is 8.02. The predicted octanol–water partition coefficient (Wildman–Crippen LogP) is 6.59. The predicted molar refractivity (Wildman–Crippen MR) is 151 cm³/mol. The summed E-state index contributed by atoms with van der Waals surface area (Å²) in [6.07, 6.45) is 1.20. The smallest absolute Gasteiger partial charge is 0.407 e. The molecule has 0 radical (unpaired) electrons. The van der Waals surface area contributed by atoms with Crippen molar-refractivity contribution in [3.8, 4) is 0 Å². The second-order valence-corrected chi connectivity index (χ2v) is 10.4. The Bertz CT molecular complexity index is 867. The molecular weight excluding hydrogens is 527 g/mol. The van der Waals surface area contributed by atoms with Gasteiger partial charge in [-0.1, -0.05) is 84.2 Å². The Morgan fingerprint density at radius 3 is 1.63 bits per heavy atom. The molecule has 10 heteroatoms. The van der Waals surface area contributed by atoms with Gasteiger partial charge in [-0.25, -0.2) is 9.63 Å². The van der Waals surface area contributed by atoms with Crippen LogP contribution >= 0.6 is 47.7 Å². The highest BCUT2D eigenvalue weighted by molar-refractivity contribution is 8.14. The highest BCUT2D eigenvalue weighted by atomic mass is 35.5. The Morgan fingerprint density at radius 2 is 1.23 bits per heavy atom. The number of nitrogens with one attached hydrogen (secondary N) is 2. The lowest BCUT2D eigenvalue weighted by molar-refractivity contribution is 0.0528. The highest BCUT2D eigenvalue weighted by Crippen LogP contribution is 2.13. The number of halogens is 2. The van der Waals surface area contributed by atoms with Crippen molar-refractivity contribution in [3.63, 3.8) is 0 Å². The topological polar surface area (TPSA) is 84.5 Å². The Kier molecular flexibility index (Phi) is 18.5. The van der Waals surface area contributed by atoms with Crippen LogP contribution in [0.15, 0.2) is 60.7 Å². The van der Waals surface area contributed by atoms with Gasteiger partial charge in [-0.2, -0.15) is 0 Å². The first-order chi connectivity index (χ1) is 16.2. The summed E-state index contributed by atoms with van der Waals surface area (Å²) in [5, 5.41) is 2.85. The average Bonchev–Trinajstić information content (AvgIpc) is 2.82. The Morgan fingerprint density at radius 1 is 0.800 bits per heavy atom. The van der Waals surface area contributed by atoms with Crippen LogP contribution in [-0.4, -0.2) is 46.5 Å². The molecule has 1 amide bonds. The molecule has 2 rings (SSSR count). The molecule has 0 aromatic heterocycles. The molecule has 194 valence electrons. The molecule has 0 spiro atoms. The lowest BCUT2D eigenvalue weighted by Gasteiger charge is -2.19. The third kappa shape index (κ3) is 17.4. The van der Waals surface area contributed by atoms with E-state index in [1.807, 2.05) is 69.3 Å². The van der Waals surface area contributed by atoms with Crippen molar-refractivity contribution in [1.29, 1.82) is 0 Å². The maximum Gasteiger partial charge on any atom is 0.407 e. The zero-order valence-electron chi connectivity index (χ0n) is 20.3. The monoisotopic (exact) mass is 560 g/mol. The van der Waals surface area contributed by atoms with Gasteiger partial charge in [-0.05, 0) is 45.4 Å². The largest absolute Gasteiger partial charge is 0.444 e. The number of hydrogen-bond acceptors (Lipinski definition) is 7. The molecule has 0 aliphatic carbocycles. The van der Waals surface area contributed by atoms with E-state index < -0.39 is 11.7 Å². The molecule has 6 nitrogen and oxygen atoms in total. The van der Waals surface area contributed by atoms with Crippen LogP contribution in [0.4, 0.5) is 4.79 Å². The van der Waals surface area contributed by atoms with E-state index in [4.69, 9.17) is 16.5 Å². The van der Waals surface area contributed by atoms with Gasteiger partial charge in [0.05, 0.1) is 0 Å². The summed E-state index contributed by atoms with van der Waals surface area (Å²) in [6, 6.07) is 18.5. The van der Waals surface area contributed by atoms with Crippen molar-refractivity contribution in [2.24, 2.45) is 0 Å². The van der Waals surface area contributed by atoms with Crippen LogP contribution in [0.1, 0.15) is 54.3 Å². The van der Waals surface area contributed by atoms with Crippen molar-refractivity contribution in [3.05, 3.63) is 71.8 Å². The molecule has 35 heavy (non-hydrogen) atoms. The number of carbonyl (C=O) groups excluding carboxylic acids is 3. The van der Waals surface area contributed by atoms with E-state index in [1.165, 1.54) is 23.5 Å². The van der Waals surface area contributed by atoms with Crippen LogP contribution in [0.2, 0.25) is 0 Å². The minimum atomic E-state index is -0.484. The number of thioether (sulfide) groups is 2. The lowest BCUT2D eigenvalue weighted by atomic mass is 10.2. The number of amides is 1. The number of hydrogen-bond donors (Lipinski definition) is 2. The zero-order chi connectivity index (χ0) is 25.2. The van der Waals surface area contributed by atoms with Crippen LogP contribution in [-0.2, 0) is 4.74 Å². The summed E-state index contributed by atoms with van der Waals surface area (Å²) < 4.78 is 5.11. The number of alkyl carbamates (subject to hydrolysis) is 1. The van der Waals surface area contributed by atoms with E-state index in [9.17, 15) is 14.4 Å². The molecule has 2 aromatic rings. The molecule has 0 fully saturated rings. The zero-order valence-corrected chi connectivity index (χ0v) is 23.5. The third-order valence-electron chi connectivity index (χ3n) is 3.89. The fraction of sp³-hybridized carbons (Fsp3) is 0.400. The summed E-state index contributed by atoms with van der Waals surface area (Å²) in [5.74, 6) is 1.47. The lowest BCUT2D eigenvalue weighted by Crippen LogP contribution is -2.33. The SMILES string of the molecule is CC(C)(C)OC(=O)NCCCSC(=O)c1ccccc1.Cl.O=C(SCCCNCl)c1ccccc1. The van der Waals surface area contributed by atoms with Crippen molar-refractivity contribution in [2.45, 2.75) is 39.2 Å². The van der Waals surface area contributed by atoms with Gasteiger partial charge >= 0.3 is 6.09 Å². The summed E-state index contributed by atoms with van der Waals surface area (Å²) >= 11 is 7.88. The van der Waals surface area contributed by atoms with Crippen molar-refractivity contribution >= 4 is 64.0 Å². The van der Waals surface area contributed by atoms with E-state index >= 15 is 0 Å². The molecule has 2 aromatic carbocycles. The molecule has 2 N–H and O–H groups in total. The van der Waals surface area contributed by atoms with Gasteiger partial charge in [0, 0.05) is 35.7 Å². The fourth-order valence-electron chi connectivity index (χ4n) is 2.36. The van der Waals surface area contributed by atoms with Crippen LogP contribution in [0.3, 0.4) is 0 Å². The van der Waals surface area contributed by atoms with E-state index in [0.29, 0.717) is 17.9 Å². The Hall–Kier alpha value is -1.71. The number of carbonyl (C=O) groups is 3. The van der Waals surface area contributed by atoms with Crippen LogP contribution < -0.4 is 10.2 Å². The van der Waals surface area contributed by atoms with E-state index in [2.05, 4.69) is 10.2 Å². The van der Waals surface area contributed by atoms with Gasteiger partial charge < -0.3 is 10.1 Å². The van der Waals surface area contributed by atoms with Crippen molar-refractivity contribution in [1.82, 2.24) is 10.2 Å². The number of benzene rings is 2. The number of ether oxygens (including phenoxy) is 1. The van der Waals surface area contributed by atoms with Gasteiger partial charge in [0.2, 0.25) is 10.2 Å². The van der Waals surface area contributed by atoms with E-state index in [1.54, 1.807) is 12.1 Å². The average molecular weight is 562 g/mol. The number of rotatable bonds is 10. The summed E-state index contributed by atoms with van der Waals surface area (Å²) in [6.45, 7) is 6.70. The minimum absolute atomic E-state index is 0. The van der Waals surface area contributed by atoms with Crippen LogP contribution in [0.25, 0.3) is 0 Å². The molecule has 0 bridgehead atoms. The fourth-order valence-corrected chi connectivity index (χ4v) is 4.05. The maximum atomic E-state index is 11.8. The molecule has 0 heterocycles. The first-order valence-electron chi connectivity index (χ1n) is 11.0. The van der Waals surface area contributed by atoms with Gasteiger partial charge in [-0.15, -0.1) is 12.4 Å². The minimum Gasteiger partial charge on any atom is -0.444 e. The van der Waals surface area contributed by atoms with Crippen LogP contribution in [0, 0.1) is 0 Å². The summed E-state index contributed by atoms with van der Waals surface area (Å²) in [4.78, 5) is 37.2. The molecule has 0 atom stereocenters. The Labute approximate surface area is 228 Å². The van der Waals surface area contributed by atoms with Crippen LogP contribution in [0.5, 0.6) is 0 Å². The van der Waals surface area contributed by atoms with Gasteiger partial charge in [0.25, 0.3) is 0 Å². The normalized spacial score (nSPS) is 10.3. The van der Waals surface area contributed by atoms with Gasteiger partial charge in [0.15, 0.2) is 0 Å². The molecule has 0 aliphatic rings. The van der Waals surface area contributed by atoms with E-state index in [0.717, 1.165) is 30.7 Å². The quantitative estimate of drug-likeness (QED) is 0.250. The van der Waals surface area contributed by atoms with Crippen molar-refractivity contribution in [2.75, 3.05) is 24.6 Å². The Balaban J connectivity index is 0.000000680. The molecular formula is C25H34Cl2N2O4S2. The van der Waals surface area contributed by atoms with Crippen molar-refractivity contribution < 1.29 is 19.1 Å². The highest BCUT2D eigenvalue weighted by Gasteiger charge is 2.15. The standard InChI is InChI=1S/C15H21NO3S.C10H12ClNOS.ClH/c1-15(2,3)19-14(18)16-10-7-11-20-13(17)12-8-5-4-6-9-12;11-12-7-4-8-14-10(13)9-5-2-1-3-6-9;/h4-6,8-9H,7,10-11H2,1-3H3,(H,16,18);1-3,5-6,12H,4,7-8H2;1H. The third-order valence-corrected chi connectivity index (χ3v) is 6.06. The summed E-state index contributed by atoms with van der Waals surface area (Å²) in [5.41, 5.74) is 0.983.